The summed E-state index contributed by atoms with van der Waals surface area (Å²) in [4.78, 5) is 51.2. The van der Waals surface area contributed by atoms with Gasteiger partial charge in [-0.2, -0.15) is 0 Å². The Morgan fingerprint density at radius 3 is 1.30 bits per heavy atom. The molecule has 0 amide bonds. The van der Waals surface area contributed by atoms with Crippen LogP contribution in [0.15, 0.2) is 85.1 Å². The maximum atomic E-state index is 13.1. The minimum Gasteiger partial charge on any atom is -0.479 e. The standard InChI is InChI=1S/C67H112O12/c1-4-7-10-13-16-19-22-25-27-29-30-32-34-37-40-43-46-49-52-55-61(70)78-65-63(72)62(71)64(66(73)74)79-67(65)76-57-58(77-60(69)54-51-48-45-42-39-35-24-21-18-15-12-9-6-3)56-75-59(68)53-50-47-44-41-38-36-33-31-28-26-23-20-17-14-11-8-5-2/h9,12,16,18-19,21,25-28,35,39,45,48,58,62-65,67,71-72H,4-8,10-11,13-15,17,20,22-24,29-34,36-38,40-44,46-47,49-57H2,1-3H3,(H,73,74)/b12-9-,19-16-,21-18-,27-25-,28-26-,39-35-,48-45-. The van der Waals surface area contributed by atoms with E-state index in [1.54, 1.807) is 0 Å². The van der Waals surface area contributed by atoms with Gasteiger partial charge in [0.2, 0.25) is 0 Å². The molecule has 12 heteroatoms. The van der Waals surface area contributed by atoms with Crippen LogP contribution in [0, 0.1) is 0 Å². The highest BCUT2D eigenvalue weighted by atomic mass is 16.7. The number of unbranched alkanes of at least 4 members (excludes halogenated alkanes) is 25. The van der Waals surface area contributed by atoms with Crippen LogP contribution in [-0.2, 0) is 42.9 Å². The van der Waals surface area contributed by atoms with E-state index in [0.29, 0.717) is 25.7 Å². The Bertz CT molecular complexity index is 1700. The summed E-state index contributed by atoms with van der Waals surface area (Å²) in [5.74, 6) is -3.24. The molecule has 1 heterocycles. The van der Waals surface area contributed by atoms with E-state index in [2.05, 4.69) is 93.7 Å². The Balaban J connectivity index is 2.68. The Morgan fingerprint density at radius 1 is 0.430 bits per heavy atom. The molecular formula is C67H112O12. The first-order valence-corrected chi connectivity index (χ1v) is 31.6. The molecule has 0 aliphatic carbocycles. The number of hydrogen-bond acceptors (Lipinski definition) is 11. The van der Waals surface area contributed by atoms with E-state index >= 15 is 0 Å². The third-order valence-corrected chi connectivity index (χ3v) is 13.9. The molecule has 1 aliphatic rings. The van der Waals surface area contributed by atoms with Crippen LogP contribution in [0.25, 0.3) is 0 Å². The van der Waals surface area contributed by atoms with Crippen molar-refractivity contribution in [3.8, 4) is 0 Å². The fraction of sp³-hybridized carbons (Fsp3) is 0.731. The van der Waals surface area contributed by atoms with E-state index in [9.17, 15) is 34.5 Å². The maximum absolute atomic E-state index is 13.1. The van der Waals surface area contributed by atoms with Crippen LogP contribution >= 0.6 is 0 Å². The number of carboxylic acid groups (broad SMARTS) is 1. The SMILES string of the molecule is CC/C=C\C/C=C\C/C=C\C/C=C\CCC(=O)OC(COC(=O)CCCCCCCCC/C=C\CCCCCCCC)COC1OC(C(=O)O)C(O)C(O)C1OC(=O)CCCCCCCCCCC/C=C\C/C=C\CCCCC. The van der Waals surface area contributed by atoms with Crippen molar-refractivity contribution < 1.29 is 58.2 Å². The fourth-order valence-corrected chi connectivity index (χ4v) is 9.11. The fourth-order valence-electron chi connectivity index (χ4n) is 9.11. The Morgan fingerprint density at radius 2 is 0.823 bits per heavy atom. The Kier molecular flexibility index (Phi) is 50.3. The van der Waals surface area contributed by atoms with Crippen LogP contribution in [0.2, 0.25) is 0 Å². The summed E-state index contributed by atoms with van der Waals surface area (Å²) < 4.78 is 28.4. The van der Waals surface area contributed by atoms with Crippen molar-refractivity contribution in [3.63, 3.8) is 0 Å². The quantitative estimate of drug-likeness (QED) is 0.0228. The van der Waals surface area contributed by atoms with Crippen molar-refractivity contribution in [2.24, 2.45) is 0 Å². The summed E-state index contributed by atoms with van der Waals surface area (Å²) >= 11 is 0. The average Bonchev–Trinajstić information content (AvgIpc) is 3.43. The number of allylic oxidation sites excluding steroid dienone is 14. The summed E-state index contributed by atoms with van der Waals surface area (Å²) in [5, 5.41) is 31.5. The lowest BCUT2D eigenvalue weighted by molar-refractivity contribution is -0.301. The molecule has 0 aromatic heterocycles. The van der Waals surface area contributed by atoms with Gasteiger partial charge in [-0.1, -0.05) is 228 Å². The van der Waals surface area contributed by atoms with Gasteiger partial charge in [0, 0.05) is 19.3 Å². The molecule has 79 heavy (non-hydrogen) atoms. The van der Waals surface area contributed by atoms with Crippen molar-refractivity contribution in [1.82, 2.24) is 0 Å². The lowest BCUT2D eigenvalue weighted by Gasteiger charge is -2.40. The zero-order valence-electron chi connectivity index (χ0n) is 49.8. The third kappa shape index (κ3) is 44.3. The number of carbonyl (C=O) groups excluding carboxylic acids is 3. The number of carboxylic acids is 1. The van der Waals surface area contributed by atoms with Crippen LogP contribution in [0.5, 0.6) is 0 Å². The van der Waals surface area contributed by atoms with Gasteiger partial charge in [-0.25, -0.2) is 4.79 Å². The van der Waals surface area contributed by atoms with Gasteiger partial charge in [-0.3, -0.25) is 14.4 Å². The molecule has 1 fully saturated rings. The smallest absolute Gasteiger partial charge is 0.335 e. The second-order valence-corrected chi connectivity index (χ2v) is 21.3. The highest BCUT2D eigenvalue weighted by molar-refractivity contribution is 5.74. The molecule has 452 valence electrons. The zero-order valence-corrected chi connectivity index (χ0v) is 49.8. The molecule has 3 N–H and O–H groups in total. The van der Waals surface area contributed by atoms with Crippen LogP contribution in [0.3, 0.4) is 0 Å². The number of carbonyl (C=O) groups is 4. The van der Waals surface area contributed by atoms with Crippen molar-refractivity contribution >= 4 is 23.9 Å². The minimum absolute atomic E-state index is 0.0384. The Hall–Kier alpha value is -4.10. The molecule has 0 aromatic carbocycles. The largest absolute Gasteiger partial charge is 0.479 e. The highest BCUT2D eigenvalue weighted by Gasteiger charge is 2.50. The highest BCUT2D eigenvalue weighted by Crippen LogP contribution is 2.26. The topological polar surface area (TPSA) is 175 Å². The molecule has 0 saturated carbocycles. The molecule has 6 atom stereocenters. The van der Waals surface area contributed by atoms with Gasteiger partial charge in [-0.05, 0) is 103 Å². The first-order valence-electron chi connectivity index (χ1n) is 31.6. The van der Waals surface area contributed by atoms with E-state index in [4.69, 9.17) is 23.7 Å². The van der Waals surface area contributed by atoms with E-state index < -0.39 is 67.3 Å². The minimum atomic E-state index is -1.92. The summed E-state index contributed by atoms with van der Waals surface area (Å²) in [6.45, 7) is 5.80. The lowest BCUT2D eigenvalue weighted by Crippen LogP contribution is -2.61. The van der Waals surface area contributed by atoms with E-state index in [1.807, 2.05) is 12.2 Å². The Labute approximate surface area is 480 Å². The molecule has 0 bridgehead atoms. The first kappa shape index (κ1) is 72.9. The van der Waals surface area contributed by atoms with E-state index in [1.165, 1.54) is 109 Å². The zero-order chi connectivity index (χ0) is 57.5. The van der Waals surface area contributed by atoms with Crippen molar-refractivity contribution in [1.29, 1.82) is 0 Å². The van der Waals surface area contributed by atoms with Gasteiger partial charge in [0.15, 0.2) is 24.6 Å². The van der Waals surface area contributed by atoms with Gasteiger partial charge in [0.25, 0.3) is 0 Å². The third-order valence-electron chi connectivity index (χ3n) is 13.9. The molecule has 1 aliphatic heterocycles. The molecule has 12 nitrogen and oxygen atoms in total. The second-order valence-electron chi connectivity index (χ2n) is 21.3. The van der Waals surface area contributed by atoms with Gasteiger partial charge in [0.1, 0.15) is 18.8 Å². The average molecular weight is 1110 g/mol. The number of aliphatic hydroxyl groups is 2. The normalized spacial score (nSPS) is 18.4. The van der Waals surface area contributed by atoms with E-state index in [0.717, 1.165) is 89.9 Å². The predicted molar refractivity (Wildman–Crippen MR) is 321 cm³/mol. The molecule has 6 unspecified atom stereocenters. The lowest BCUT2D eigenvalue weighted by atomic mass is 9.98. The molecule has 0 aromatic rings. The van der Waals surface area contributed by atoms with E-state index in [-0.39, 0.29) is 25.9 Å². The van der Waals surface area contributed by atoms with Gasteiger partial charge in [-0.15, -0.1) is 0 Å². The van der Waals surface area contributed by atoms with Crippen LogP contribution < -0.4 is 0 Å². The number of rotatable bonds is 53. The van der Waals surface area contributed by atoms with Gasteiger partial charge >= 0.3 is 23.9 Å². The van der Waals surface area contributed by atoms with Gasteiger partial charge in [0.05, 0.1) is 6.61 Å². The summed E-state index contributed by atoms with van der Waals surface area (Å²) in [6.07, 6.45) is 58.5. The van der Waals surface area contributed by atoms with Crippen molar-refractivity contribution in [2.75, 3.05) is 13.2 Å². The second kappa shape index (κ2) is 54.5. The molecule has 1 saturated heterocycles. The number of esters is 3. The van der Waals surface area contributed by atoms with Crippen LogP contribution in [0.4, 0.5) is 0 Å². The molecule has 0 radical (unpaired) electrons. The summed E-state index contributed by atoms with van der Waals surface area (Å²) in [6, 6.07) is 0. The summed E-state index contributed by atoms with van der Waals surface area (Å²) in [7, 11) is 0. The van der Waals surface area contributed by atoms with Crippen molar-refractivity contribution in [3.05, 3.63) is 85.1 Å². The number of aliphatic hydroxyl groups excluding tert-OH is 2. The molecule has 1 rings (SSSR count). The number of aliphatic carboxylic acids is 1. The number of hydrogen-bond donors (Lipinski definition) is 3. The molecular weight excluding hydrogens is 997 g/mol. The first-order chi connectivity index (χ1) is 38.6. The van der Waals surface area contributed by atoms with Crippen molar-refractivity contribution in [2.45, 2.75) is 302 Å². The predicted octanol–water partition coefficient (Wildman–Crippen LogP) is 16.7. The van der Waals surface area contributed by atoms with Crippen LogP contribution in [-0.4, -0.2) is 89.2 Å². The van der Waals surface area contributed by atoms with Gasteiger partial charge < -0.3 is 39.0 Å². The maximum Gasteiger partial charge on any atom is 0.335 e. The molecule has 0 spiro atoms. The monoisotopic (exact) mass is 1110 g/mol. The number of ether oxygens (including phenoxy) is 5. The summed E-state index contributed by atoms with van der Waals surface area (Å²) in [5.41, 5.74) is 0. The van der Waals surface area contributed by atoms with Crippen LogP contribution in [0.1, 0.15) is 265 Å².